The molecule has 0 saturated carbocycles. The van der Waals surface area contributed by atoms with Gasteiger partial charge in [0.05, 0.1) is 11.1 Å². The van der Waals surface area contributed by atoms with Gasteiger partial charge in [0.1, 0.15) is 5.75 Å². The topological polar surface area (TPSA) is 24.5 Å². The lowest BCUT2D eigenvalue weighted by Crippen LogP contribution is -2.44. The van der Waals surface area contributed by atoms with E-state index in [1.807, 2.05) is 0 Å². The Kier molecular flexibility index (Phi) is 5.13. The zero-order valence-electron chi connectivity index (χ0n) is 11.3. The average Bonchev–Trinajstić information content (AvgIpc) is 2.42. The number of alkyl halides is 3. The van der Waals surface area contributed by atoms with Crippen LogP contribution in [-0.2, 0) is 0 Å². The van der Waals surface area contributed by atoms with Crippen LogP contribution in [-0.4, -0.2) is 37.4 Å². The number of piperazine rings is 1. The van der Waals surface area contributed by atoms with Crippen LogP contribution in [0.2, 0.25) is 5.02 Å². The van der Waals surface area contributed by atoms with Crippen molar-refractivity contribution < 1.29 is 17.9 Å². The van der Waals surface area contributed by atoms with Crippen LogP contribution in [0.4, 0.5) is 13.2 Å². The monoisotopic (exact) mass is 320 g/mol. The van der Waals surface area contributed by atoms with Gasteiger partial charge in [-0.05, 0) is 17.7 Å². The molecule has 0 bridgehead atoms. The highest BCUT2D eigenvalue weighted by Gasteiger charge is 2.32. The maximum Gasteiger partial charge on any atom is 0.573 e. The van der Waals surface area contributed by atoms with E-state index in [0.717, 1.165) is 31.7 Å². The van der Waals surface area contributed by atoms with Crippen LogP contribution >= 0.6 is 11.6 Å². The molecule has 7 heteroatoms. The molecule has 0 radical (unpaired) electrons. The standard InChI is InChI=1S/C14H16ClF3N2O/c1-2-12(20-7-5-19-6-8-20)10-3-4-13(11(15)9-10)21-14(16,17)18/h2-4,9,12,19H,1,5-8H2/t12-/m1/s1. The first-order chi connectivity index (χ1) is 9.90. The second kappa shape index (κ2) is 6.68. The van der Waals surface area contributed by atoms with Crippen LogP contribution in [0.15, 0.2) is 30.9 Å². The van der Waals surface area contributed by atoms with Gasteiger partial charge in [-0.1, -0.05) is 23.7 Å². The van der Waals surface area contributed by atoms with E-state index in [1.54, 1.807) is 12.1 Å². The summed E-state index contributed by atoms with van der Waals surface area (Å²) in [5.41, 5.74) is 0.798. The lowest BCUT2D eigenvalue weighted by atomic mass is 10.0. The van der Waals surface area contributed by atoms with Crippen molar-refractivity contribution in [3.63, 3.8) is 0 Å². The molecular formula is C14H16ClF3N2O. The van der Waals surface area contributed by atoms with Crippen molar-refractivity contribution in [2.75, 3.05) is 26.2 Å². The third kappa shape index (κ3) is 4.36. The van der Waals surface area contributed by atoms with Crippen LogP contribution in [0.3, 0.4) is 0 Å². The van der Waals surface area contributed by atoms with Gasteiger partial charge in [0, 0.05) is 26.2 Å². The highest BCUT2D eigenvalue weighted by Crippen LogP contribution is 2.33. The van der Waals surface area contributed by atoms with E-state index in [0.29, 0.717) is 0 Å². The fourth-order valence-corrected chi connectivity index (χ4v) is 2.59. The third-order valence-electron chi connectivity index (χ3n) is 3.29. The van der Waals surface area contributed by atoms with E-state index in [1.165, 1.54) is 12.1 Å². The number of nitrogens with one attached hydrogen (secondary N) is 1. The lowest BCUT2D eigenvalue weighted by molar-refractivity contribution is -0.274. The Hall–Kier alpha value is -1.24. The van der Waals surface area contributed by atoms with Crippen molar-refractivity contribution in [1.29, 1.82) is 0 Å². The molecular weight excluding hydrogens is 305 g/mol. The molecule has 1 aliphatic rings. The summed E-state index contributed by atoms with van der Waals surface area (Å²) in [5, 5.41) is 3.18. The van der Waals surface area contributed by atoms with Gasteiger partial charge in [-0.2, -0.15) is 0 Å². The number of rotatable bonds is 4. The Morgan fingerprint density at radius 1 is 1.33 bits per heavy atom. The predicted molar refractivity (Wildman–Crippen MR) is 75.5 cm³/mol. The summed E-state index contributed by atoms with van der Waals surface area (Å²) in [6, 6.07) is 4.24. The molecule has 21 heavy (non-hydrogen) atoms. The molecule has 1 aromatic rings. The number of halogens is 4. The summed E-state index contributed by atoms with van der Waals surface area (Å²) in [4.78, 5) is 2.19. The fourth-order valence-electron chi connectivity index (χ4n) is 2.36. The summed E-state index contributed by atoms with van der Waals surface area (Å²) in [6.45, 7) is 7.23. The Balaban J connectivity index is 2.19. The summed E-state index contributed by atoms with van der Waals surface area (Å²) >= 11 is 5.89. The Morgan fingerprint density at radius 3 is 2.52 bits per heavy atom. The van der Waals surface area contributed by atoms with Gasteiger partial charge in [-0.3, -0.25) is 4.90 Å². The molecule has 3 nitrogen and oxygen atoms in total. The van der Waals surface area contributed by atoms with Gasteiger partial charge in [-0.25, -0.2) is 0 Å². The number of nitrogens with zero attached hydrogens (tertiary/aromatic N) is 1. The van der Waals surface area contributed by atoms with Crippen LogP contribution in [0.5, 0.6) is 5.75 Å². The van der Waals surface area contributed by atoms with Crippen molar-refractivity contribution in [3.8, 4) is 5.75 Å². The lowest BCUT2D eigenvalue weighted by Gasteiger charge is -2.33. The zero-order chi connectivity index (χ0) is 15.5. The van der Waals surface area contributed by atoms with E-state index in [4.69, 9.17) is 11.6 Å². The molecule has 2 rings (SSSR count). The van der Waals surface area contributed by atoms with Gasteiger partial charge in [0.2, 0.25) is 0 Å². The number of hydrogen-bond acceptors (Lipinski definition) is 3. The van der Waals surface area contributed by atoms with Crippen molar-refractivity contribution >= 4 is 11.6 Å². The van der Waals surface area contributed by atoms with Crippen molar-refractivity contribution in [1.82, 2.24) is 10.2 Å². The Labute approximate surface area is 126 Å². The third-order valence-corrected chi connectivity index (χ3v) is 3.59. The molecule has 1 atom stereocenters. The first-order valence-corrected chi connectivity index (χ1v) is 6.91. The molecule has 0 spiro atoms. The molecule has 1 aromatic carbocycles. The van der Waals surface area contributed by atoms with E-state index in [-0.39, 0.29) is 11.1 Å². The summed E-state index contributed by atoms with van der Waals surface area (Å²) in [5.74, 6) is -0.393. The molecule has 1 aliphatic heterocycles. The van der Waals surface area contributed by atoms with E-state index in [9.17, 15) is 13.2 Å². The first-order valence-electron chi connectivity index (χ1n) is 6.53. The molecule has 1 heterocycles. The second-order valence-corrected chi connectivity index (χ2v) is 5.11. The van der Waals surface area contributed by atoms with Crippen LogP contribution in [0.1, 0.15) is 11.6 Å². The Bertz CT molecular complexity index is 501. The van der Waals surface area contributed by atoms with Crippen LogP contribution < -0.4 is 10.1 Å². The average molecular weight is 321 g/mol. The molecule has 1 fully saturated rings. The first kappa shape index (κ1) is 16.1. The van der Waals surface area contributed by atoms with Crippen LogP contribution in [0, 0.1) is 0 Å². The maximum atomic E-state index is 12.2. The molecule has 1 saturated heterocycles. The van der Waals surface area contributed by atoms with E-state index < -0.39 is 12.1 Å². The number of ether oxygens (including phenoxy) is 1. The largest absolute Gasteiger partial charge is 0.573 e. The second-order valence-electron chi connectivity index (χ2n) is 4.70. The van der Waals surface area contributed by atoms with Crippen molar-refractivity contribution in [2.45, 2.75) is 12.4 Å². The molecule has 0 unspecified atom stereocenters. The van der Waals surface area contributed by atoms with Gasteiger partial charge in [0.15, 0.2) is 0 Å². The fraction of sp³-hybridized carbons (Fsp3) is 0.429. The molecule has 0 aromatic heterocycles. The summed E-state index contributed by atoms with van der Waals surface area (Å²) in [7, 11) is 0. The Morgan fingerprint density at radius 2 is 2.00 bits per heavy atom. The van der Waals surface area contributed by atoms with Gasteiger partial charge >= 0.3 is 6.36 Å². The number of hydrogen-bond donors (Lipinski definition) is 1. The van der Waals surface area contributed by atoms with E-state index in [2.05, 4.69) is 21.5 Å². The highest BCUT2D eigenvalue weighted by molar-refractivity contribution is 6.32. The van der Waals surface area contributed by atoms with Crippen molar-refractivity contribution in [2.24, 2.45) is 0 Å². The maximum absolute atomic E-state index is 12.2. The molecule has 1 N–H and O–H groups in total. The molecule has 116 valence electrons. The van der Waals surface area contributed by atoms with Crippen molar-refractivity contribution in [3.05, 3.63) is 41.4 Å². The number of benzene rings is 1. The SMILES string of the molecule is C=C[C@H](c1ccc(OC(F)(F)F)c(Cl)c1)N1CCNCC1. The smallest absolute Gasteiger partial charge is 0.404 e. The van der Waals surface area contributed by atoms with Gasteiger partial charge in [-0.15, -0.1) is 19.8 Å². The van der Waals surface area contributed by atoms with E-state index >= 15 is 0 Å². The summed E-state index contributed by atoms with van der Waals surface area (Å²) < 4.78 is 40.5. The highest BCUT2D eigenvalue weighted by atomic mass is 35.5. The molecule has 0 aliphatic carbocycles. The van der Waals surface area contributed by atoms with Gasteiger partial charge < -0.3 is 10.1 Å². The predicted octanol–water partition coefficient (Wildman–Crippen LogP) is 3.37. The zero-order valence-corrected chi connectivity index (χ0v) is 12.0. The minimum absolute atomic E-state index is 0.0631. The quantitative estimate of drug-likeness (QED) is 0.861. The minimum Gasteiger partial charge on any atom is -0.404 e. The normalized spacial score (nSPS) is 18.3. The van der Waals surface area contributed by atoms with Crippen LogP contribution in [0.25, 0.3) is 0 Å². The summed E-state index contributed by atoms with van der Waals surface area (Å²) in [6.07, 6.45) is -2.98. The minimum atomic E-state index is -4.75. The van der Waals surface area contributed by atoms with Gasteiger partial charge in [0.25, 0.3) is 0 Å². The molecule has 0 amide bonds.